The van der Waals surface area contributed by atoms with Crippen LogP contribution in [0.5, 0.6) is 5.75 Å². The van der Waals surface area contributed by atoms with E-state index in [0.717, 1.165) is 29.8 Å². The van der Waals surface area contributed by atoms with Crippen molar-refractivity contribution < 1.29 is 9.53 Å². The van der Waals surface area contributed by atoms with E-state index in [1.165, 1.54) is 24.0 Å². The fourth-order valence-electron chi connectivity index (χ4n) is 3.27. The lowest BCUT2D eigenvalue weighted by Gasteiger charge is -2.23. The summed E-state index contributed by atoms with van der Waals surface area (Å²) in [6.45, 7) is 0.505. The second kappa shape index (κ2) is 7.39. The van der Waals surface area contributed by atoms with E-state index in [2.05, 4.69) is 11.4 Å². The third-order valence-electron chi connectivity index (χ3n) is 4.58. The largest absolute Gasteiger partial charge is 0.496 e. The minimum Gasteiger partial charge on any atom is -0.496 e. The number of carbonyl (C=O) groups is 1. The van der Waals surface area contributed by atoms with E-state index in [0.29, 0.717) is 6.54 Å². The maximum Gasteiger partial charge on any atom is 0.321 e. The van der Waals surface area contributed by atoms with Gasteiger partial charge in [-0.05, 0) is 48.9 Å². The number of hydrogen-bond acceptors (Lipinski definition) is 2. The van der Waals surface area contributed by atoms with Gasteiger partial charge in [-0.15, -0.1) is 0 Å². The molecule has 0 atom stereocenters. The molecule has 3 rings (SSSR count). The highest BCUT2D eigenvalue weighted by molar-refractivity contribution is 5.90. The Morgan fingerprint density at radius 1 is 1.12 bits per heavy atom. The Labute approximate surface area is 143 Å². The van der Waals surface area contributed by atoms with Gasteiger partial charge in [0.25, 0.3) is 0 Å². The van der Waals surface area contributed by atoms with Gasteiger partial charge in [0, 0.05) is 18.3 Å². The number of rotatable bonds is 4. The predicted octanol–water partition coefficient (Wildman–Crippen LogP) is 4.24. The summed E-state index contributed by atoms with van der Waals surface area (Å²) in [5.74, 6) is 0.800. The lowest BCUT2D eigenvalue weighted by atomic mass is 9.90. The molecule has 0 heterocycles. The Morgan fingerprint density at radius 3 is 2.75 bits per heavy atom. The molecule has 0 spiro atoms. The molecule has 126 valence electrons. The van der Waals surface area contributed by atoms with Crippen LogP contribution >= 0.6 is 0 Å². The minimum atomic E-state index is -0.0973. The zero-order valence-corrected chi connectivity index (χ0v) is 14.3. The third kappa shape index (κ3) is 3.53. The summed E-state index contributed by atoms with van der Waals surface area (Å²) < 4.78 is 5.36. The highest BCUT2D eigenvalue weighted by Gasteiger charge is 2.17. The number of nitrogens with zero attached hydrogens (tertiary/aromatic N) is 1. The SMILES string of the molecule is COc1ccccc1CN(C)C(=O)Nc1cccc2c1CCCC2. The van der Waals surface area contributed by atoms with E-state index < -0.39 is 0 Å². The van der Waals surface area contributed by atoms with E-state index in [1.54, 1.807) is 19.1 Å². The summed E-state index contributed by atoms with van der Waals surface area (Å²) in [7, 11) is 3.45. The van der Waals surface area contributed by atoms with E-state index in [1.807, 2.05) is 36.4 Å². The van der Waals surface area contributed by atoms with Crippen molar-refractivity contribution in [1.29, 1.82) is 0 Å². The first-order valence-corrected chi connectivity index (χ1v) is 8.44. The van der Waals surface area contributed by atoms with Gasteiger partial charge in [-0.25, -0.2) is 4.79 Å². The average molecular weight is 324 g/mol. The molecule has 0 saturated carbocycles. The van der Waals surface area contributed by atoms with Crippen LogP contribution in [0.2, 0.25) is 0 Å². The Kier molecular flexibility index (Phi) is 5.04. The Morgan fingerprint density at radius 2 is 1.92 bits per heavy atom. The molecule has 1 aliphatic rings. The predicted molar refractivity (Wildman–Crippen MR) is 96.6 cm³/mol. The van der Waals surface area contributed by atoms with Crippen molar-refractivity contribution in [1.82, 2.24) is 4.90 Å². The first-order valence-electron chi connectivity index (χ1n) is 8.44. The van der Waals surface area contributed by atoms with Crippen molar-refractivity contribution in [3.8, 4) is 5.75 Å². The molecule has 0 aromatic heterocycles. The fourth-order valence-corrected chi connectivity index (χ4v) is 3.27. The van der Waals surface area contributed by atoms with Crippen LogP contribution in [0.3, 0.4) is 0 Å². The zero-order chi connectivity index (χ0) is 16.9. The average Bonchev–Trinajstić information content (AvgIpc) is 2.62. The molecule has 4 nitrogen and oxygen atoms in total. The molecule has 2 aromatic carbocycles. The van der Waals surface area contributed by atoms with Crippen LogP contribution in [0.4, 0.5) is 10.5 Å². The van der Waals surface area contributed by atoms with Crippen molar-refractivity contribution in [3.05, 3.63) is 59.2 Å². The molecule has 0 radical (unpaired) electrons. The van der Waals surface area contributed by atoms with E-state index in [-0.39, 0.29) is 6.03 Å². The number of benzene rings is 2. The van der Waals surface area contributed by atoms with Gasteiger partial charge in [0.15, 0.2) is 0 Å². The standard InChI is InChI=1S/C20H24N2O2/c1-22(14-16-9-4-6-13-19(16)24-2)20(23)21-18-12-7-10-15-8-3-5-11-17(15)18/h4,6-7,9-10,12-13H,3,5,8,11,14H2,1-2H3,(H,21,23). The Bertz CT molecular complexity index is 727. The number of anilines is 1. The normalized spacial score (nSPS) is 13.1. The van der Waals surface area contributed by atoms with E-state index in [4.69, 9.17) is 4.74 Å². The molecule has 0 bridgehead atoms. The summed E-state index contributed by atoms with van der Waals surface area (Å²) in [5, 5.41) is 3.07. The van der Waals surface area contributed by atoms with Gasteiger partial charge >= 0.3 is 6.03 Å². The highest BCUT2D eigenvalue weighted by atomic mass is 16.5. The summed E-state index contributed by atoms with van der Waals surface area (Å²) in [5.41, 5.74) is 4.60. The zero-order valence-electron chi connectivity index (χ0n) is 14.3. The molecule has 24 heavy (non-hydrogen) atoms. The second-order valence-electron chi connectivity index (χ2n) is 6.25. The smallest absolute Gasteiger partial charge is 0.321 e. The van der Waals surface area contributed by atoms with Crippen LogP contribution in [0.25, 0.3) is 0 Å². The number of hydrogen-bond donors (Lipinski definition) is 1. The first-order chi connectivity index (χ1) is 11.7. The number of nitrogens with one attached hydrogen (secondary N) is 1. The highest BCUT2D eigenvalue weighted by Crippen LogP contribution is 2.28. The Balaban J connectivity index is 1.71. The molecule has 1 N–H and O–H groups in total. The van der Waals surface area contributed by atoms with Crippen molar-refractivity contribution in [2.24, 2.45) is 0 Å². The van der Waals surface area contributed by atoms with Gasteiger partial charge in [0.1, 0.15) is 5.75 Å². The van der Waals surface area contributed by atoms with Crippen molar-refractivity contribution in [2.75, 3.05) is 19.5 Å². The molecule has 2 aromatic rings. The van der Waals surface area contributed by atoms with Crippen LogP contribution in [-0.4, -0.2) is 25.1 Å². The number of carbonyl (C=O) groups excluding carboxylic acids is 1. The molecule has 0 saturated heterocycles. The quantitative estimate of drug-likeness (QED) is 0.914. The molecule has 0 unspecified atom stereocenters. The lowest BCUT2D eigenvalue weighted by molar-refractivity contribution is 0.220. The monoisotopic (exact) mass is 324 g/mol. The maximum absolute atomic E-state index is 12.6. The summed E-state index contributed by atoms with van der Waals surface area (Å²) in [6, 6.07) is 13.9. The molecule has 2 amide bonds. The van der Waals surface area contributed by atoms with Gasteiger partial charge in [0.05, 0.1) is 13.7 Å². The number of aryl methyl sites for hydroxylation is 1. The molecule has 4 heteroatoms. The van der Waals surface area contributed by atoms with Gasteiger partial charge in [0.2, 0.25) is 0 Å². The maximum atomic E-state index is 12.6. The number of para-hydroxylation sites is 1. The van der Waals surface area contributed by atoms with Crippen molar-refractivity contribution >= 4 is 11.7 Å². The van der Waals surface area contributed by atoms with Crippen LogP contribution in [0.1, 0.15) is 29.5 Å². The first kappa shape index (κ1) is 16.4. The molecular weight excluding hydrogens is 300 g/mol. The summed E-state index contributed by atoms with van der Waals surface area (Å²) >= 11 is 0. The molecular formula is C20H24N2O2. The fraction of sp³-hybridized carbons (Fsp3) is 0.350. The van der Waals surface area contributed by atoms with Crippen molar-refractivity contribution in [2.45, 2.75) is 32.2 Å². The van der Waals surface area contributed by atoms with Crippen LogP contribution in [-0.2, 0) is 19.4 Å². The topological polar surface area (TPSA) is 41.6 Å². The number of urea groups is 1. The van der Waals surface area contributed by atoms with Crippen LogP contribution in [0, 0.1) is 0 Å². The third-order valence-corrected chi connectivity index (χ3v) is 4.58. The number of fused-ring (bicyclic) bond motifs is 1. The molecule has 1 aliphatic carbocycles. The molecule has 0 aliphatic heterocycles. The lowest BCUT2D eigenvalue weighted by Crippen LogP contribution is -2.31. The van der Waals surface area contributed by atoms with Gasteiger partial charge < -0.3 is 15.0 Å². The number of methoxy groups -OCH3 is 1. The second-order valence-corrected chi connectivity index (χ2v) is 6.25. The number of ether oxygens (including phenoxy) is 1. The van der Waals surface area contributed by atoms with Gasteiger partial charge in [-0.1, -0.05) is 30.3 Å². The minimum absolute atomic E-state index is 0.0973. The molecule has 0 fully saturated rings. The van der Waals surface area contributed by atoms with Gasteiger partial charge in [-0.3, -0.25) is 0 Å². The summed E-state index contributed by atoms with van der Waals surface area (Å²) in [6.07, 6.45) is 4.58. The van der Waals surface area contributed by atoms with E-state index in [9.17, 15) is 4.79 Å². The summed E-state index contributed by atoms with van der Waals surface area (Å²) in [4.78, 5) is 14.3. The van der Waals surface area contributed by atoms with Gasteiger partial charge in [-0.2, -0.15) is 0 Å². The van der Waals surface area contributed by atoms with Crippen LogP contribution in [0.15, 0.2) is 42.5 Å². The number of amides is 2. The van der Waals surface area contributed by atoms with Crippen molar-refractivity contribution in [3.63, 3.8) is 0 Å². The van der Waals surface area contributed by atoms with Crippen LogP contribution < -0.4 is 10.1 Å². The Hall–Kier alpha value is -2.49. The van der Waals surface area contributed by atoms with E-state index >= 15 is 0 Å².